The molecule has 1 fully saturated rings. The van der Waals surface area contributed by atoms with Gasteiger partial charge in [0.1, 0.15) is 12.2 Å². The lowest BCUT2D eigenvalue weighted by Crippen LogP contribution is -2.60. The second-order valence-electron chi connectivity index (χ2n) is 5.84. The molecule has 0 unspecified atom stereocenters. The number of rotatable bonds is 6. The largest absolute Gasteiger partial charge is 0.469 e. The topological polar surface area (TPSA) is 172 Å². The summed E-state index contributed by atoms with van der Waals surface area (Å²) in [5, 5.41) is 0. The molecule has 27 heavy (non-hydrogen) atoms. The van der Waals surface area contributed by atoms with Crippen molar-refractivity contribution in [1.82, 2.24) is 0 Å². The molecule has 0 radical (unpaired) electrons. The summed E-state index contributed by atoms with van der Waals surface area (Å²) in [6.07, 6.45) is -5.61. The van der Waals surface area contributed by atoms with E-state index in [4.69, 9.17) is 24.0 Å². The number of phosphoric ester groups is 1. The first-order valence-electron chi connectivity index (χ1n) is 7.66. The molecule has 0 aliphatic heterocycles. The van der Waals surface area contributed by atoms with Crippen LogP contribution in [0, 0.1) is 0 Å². The lowest BCUT2D eigenvalue weighted by Gasteiger charge is -2.44. The summed E-state index contributed by atoms with van der Waals surface area (Å²) in [6.45, 7) is 3.06. The molecule has 1 aliphatic rings. The van der Waals surface area contributed by atoms with E-state index in [-0.39, 0.29) is 0 Å². The molecule has 0 bridgehead atoms. The van der Waals surface area contributed by atoms with Gasteiger partial charge >= 0.3 is 31.7 Å². The molecule has 0 aromatic carbocycles. The van der Waals surface area contributed by atoms with Gasteiger partial charge in [-0.1, -0.05) is 0 Å². The molecule has 0 saturated heterocycles. The van der Waals surface area contributed by atoms with E-state index in [0.717, 1.165) is 27.9 Å². The smallest absolute Gasteiger partial charge is 0.466 e. The molecular weight excluding hydrogens is 391 g/mol. The highest BCUT2D eigenvalue weighted by Gasteiger charge is 2.58. The summed E-state index contributed by atoms with van der Waals surface area (Å²) in [5.74, 6) is -3.65. The zero-order valence-corrected chi connectivity index (χ0v) is 16.0. The maximum absolute atomic E-state index is 12.3. The Bertz CT molecular complexity index is 654. The van der Waals surface area contributed by atoms with E-state index in [9.17, 15) is 23.7 Å². The molecule has 1 saturated carbocycles. The van der Waals surface area contributed by atoms with Crippen LogP contribution in [-0.2, 0) is 47.2 Å². The maximum atomic E-state index is 12.3. The molecule has 0 heterocycles. The van der Waals surface area contributed by atoms with Crippen LogP contribution in [-0.4, -0.2) is 64.7 Å². The first-order chi connectivity index (χ1) is 12.3. The summed E-state index contributed by atoms with van der Waals surface area (Å²) >= 11 is 0. The summed E-state index contributed by atoms with van der Waals surface area (Å²) in [6, 6.07) is 0. The summed E-state index contributed by atoms with van der Waals surface area (Å²) in [7, 11) is -4.12. The number of carbonyl (C=O) groups is 4. The normalized spacial score (nSPS) is 28.0. The van der Waals surface area contributed by atoms with E-state index in [1.807, 2.05) is 0 Å². The molecule has 0 amide bonds. The Hall–Kier alpha value is -2.01. The quantitative estimate of drug-likeness (QED) is 0.329. The molecule has 1 aliphatic carbocycles. The Balaban J connectivity index is 3.43. The highest BCUT2D eigenvalue weighted by molar-refractivity contribution is 7.46. The van der Waals surface area contributed by atoms with Gasteiger partial charge in [-0.25, -0.2) is 9.36 Å². The van der Waals surface area contributed by atoms with Crippen molar-refractivity contribution in [2.75, 3.05) is 7.11 Å². The minimum absolute atomic E-state index is 0.474. The number of esters is 4. The fourth-order valence-electron chi connectivity index (χ4n) is 2.90. The summed E-state index contributed by atoms with van der Waals surface area (Å²) in [5.41, 5.74) is -2.07. The van der Waals surface area contributed by atoms with Gasteiger partial charge in [-0.15, -0.1) is 0 Å². The van der Waals surface area contributed by atoms with Crippen LogP contribution in [0.2, 0.25) is 0 Å². The van der Waals surface area contributed by atoms with Gasteiger partial charge in [-0.05, 0) is 0 Å². The molecule has 0 aromatic rings. The zero-order chi connectivity index (χ0) is 21.0. The number of ether oxygens (including phenoxy) is 4. The van der Waals surface area contributed by atoms with Crippen molar-refractivity contribution < 1.29 is 57.0 Å². The van der Waals surface area contributed by atoms with Crippen molar-refractivity contribution in [1.29, 1.82) is 0 Å². The number of carbonyl (C=O) groups excluding carboxylic acids is 4. The number of methoxy groups -OCH3 is 1. The van der Waals surface area contributed by atoms with Gasteiger partial charge in [0.15, 0.2) is 6.10 Å². The number of hydrogen-bond donors (Lipinski definition) is 2. The standard InChI is InChI=1S/C14H21O12P/c1-7(15)23-10-5-14(13(18)22-4,25-9(3)17)6-11(26-27(19,20)21)12(10)24-8(2)16/h10-12H,5-6H2,1-4H3,(H2,19,20,21)/t10-,11-,12+,14-/m1/s1. The maximum Gasteiger partial charge on any atom is 0.469 e. The van der Waals surface area contributed by atoms with Crippen molar-refractivity contribution in [3.05, 3.63) is 0 Å². The summed E-state index contributed by atoms with van der Waals surface area (Å²) in [4.78, 5) is 64.9. The SMILES string of the molecule is COC(=O)[C@@]1(OC(C)=O)C[C@@H](OC(C)=O)[C@H](OC(C)=O)[C@H](OP(=O)(O)O)C1. The van der Waals surface area contributed by atoms with Gasteiger partial charge in [0.25, 0.3) is 0 Å². The Morgan fingerprint density at radius 1 is 0.926 bits per heavy atom. The van der Waals surface area contributed by atoms with Gasteiger partial charge in [0.2, 0.25) is 5.60 Å². The lowest BCUT2D eigenvalue weighted by molar-refractivity contribution is -0.215. The molecule has 1 rings (SSSR count). The predicted octanol–water partition coefficient (Wildman–Crippen LogP) is -0.404. The monoisotopic (exact) mass is 412 g/mol. The van der Waals surface area contributed by atoms with Crippen molar-refractivity contribution in [2.45, 2.75) is 57.5 Å². The van der Waals surface area contributed by atoms with E-state index < -0.39 is 68.5 Å². The van der Waals surface area contributed by atoms with Crippen LogP contribution in [0.15, 0.2) is 0 Å². The third-order valence-electron chi connectivity index (χ3n) is 3.58. The predicted molar refractivity (Wildman–Crippen MR) is 83.8 cm³/mol. The Morgan fingerprint density at radius 2 is 1.44 bits per heavy atom. The van der Waals surface area contributed by atoms with Gasteiger partial charge in [-0.2, -0.15) is 0 Å². The van der Waals surface area contributed by atoms with E-state index >= 15 is 0 Å². The van der Waals surface area contributed by atoms with Crippen molar-refractivity contribution in [2.24, 2.45) is 0 Å². The van der Waals surface area contributed by atoms with E-state index in [1.54, 1.807) is 0 Å². The first-order valence-corrected chi connectivity index (χ1v) is 9.19. The third-order valence-corrected chi connectivity index (χ3v) is 4.13. The second-order valence-corrected chi connectivity index (χ2v) is 7.04. The van der Waals surface area contributed by atoms with Crippen LogP contribution in [0.4, 0.5) is 0 Å². The van der Waals surface area contributed by atoms with E-state index in [0.29, 0.717) is 0 Å². The van der Waals surface area contributed by atoms with Gasteiger partial charge < -0.3 is 28.7 Å². The molecule has 2 N–H and O–H groups in total. The van der Waals surface area contributed by atoms with Crippen LogP contribution >= 0.6 is 7.82 Å². The van der Waals surface area contributed by atoms with Gasteiger partial charge in [0, 0.05) is 33.6 Å². The Morgan fingerprint density at radius 3 is 1.85 bits per heavy atom. The minimum atomic E-state index is -5.13. The molecule has 0 spiro atoms. The Kier molecular flexibility index (Phi) is 7.49. The van der Waals surface area contributed by atoms with Crippen LogP contribution < -0.4 is 0 Å². The van der Waals surface area contributed by atoms with Crippen molar-refractivity contribution >= 4 is 31.7 Å². The van der Waals surface area contributed by atoms with Crippen molar-refractivity contribution in [3.8, 4) is 0 Å². The van der Waals surface area contributed by atoms with Gasteiger partial charge in [-0.3, -0.25) is 18.9 Å². The second kappa shape index (κ2) is 8.79. The lowest BCUT2D eigenvalue weighted by atomic mass is 9.79. The summed E-state index contributed by atoms with van der Waals surface area (Å²) < 4.78 is 35.7. The van der Waals surface area contributed by atoms with Crippen LogP contribution in [0.1, 0.15) is 33.6 Å². The van der Waals surface area contributed by atoms with E-state index in [1.165, 1.54) is 0 Å². The average molecular weight is 412 g/mol. The van der Waals surface area contributed by atoms with Crippen molar-refractivity contribution in [3.63, 3.8) is 0 Å². The zero-order valence-electron chi connectivity index (χ0n) is 15.1. The Labute approximate surface area is 154 Å². The molecular formula is C14H21O12P. The van der Waals surface area contributed by atoms with Gasteiger partial charge in [0.05, 0.1) is 7.11 Å². The van der Waals surface area contributed by atoms with Crippen LogP contribution in [0.25, 0.3) is 0 Å². The van der Waals surface area contributed by atoms with E-state index in [2.05, 4.69) is 9.26 Å². The minimum Gasteiger partial charge on any atom is -0.466 e. The highest BCUT2D eigenvalue weighted by atomic mass is 31.2. The number of hydrogen-bond acceptors (Lipinski definition) is 10. The fraction of sp³-hybridized carbons (Fsp3) is 0.714. The first kappa shape index (κ1) is 23.0. The third kappa shape index (κ3) is 6.58. The average Bonchev–Trinajstić information content (AvgIpc) is 2.46. The molecule has 0 aromatic heterocycles. The molecule has 13 heteroatoms. The van der Waals surface area contributed by atoms with Crippen LogP contribution in [0.5, 0.6) is 0 Å². The molecule has 154 valence electrons. The van der Waals surface area contributed by atoms with Crippen LogP contribution in [0.3, 0.4) is 0 Å². The molecule has 4 atom stereocenters. The number of phosphoric acid groups is 1. The molecule has 12 nitrogen and oxygen atoms in total. The fourth-order valence-corrected chi connectivity index (χ4v) is 3.44. The highest BCUT2D eigenvalue weighted by Crippen LogP contribution is 2.45.